The van der Waals surface area contributed by atoms with Crippen molar-refractivity contribution in [2.75, 3.05) is 6.61 Å². The van der Waals surface area contributed by atoms with E-state index in [0.717, 1.165) is 0 Å². The topological polar surface area (TPSA) is 99.1 Å². The molecular formula is C14H16O7. The second-order valence-electron chi connectivity index (χ2n) is 5.88. The van der Waals surface area contributed by atoms with Crippen molar-refractivity contribution in [3.05, 3.63) is 12.2 Å². The highest BCUT2D eigenvalue weighted by molar-refractivity contribution is 5.88. The van der Waals surface area contributed by atoms with Gasteiger partial charge in [-0.3, -0.25) is 4.79 Å². The Morgan fingerprint density at radius 2 is 2.19 bits per heavy atom. The predicted molar refractivity (Wildman–Crippen MR) is 66.4 cm³/mol. The summed E-state index contributed by atoms with van der Waals surface area (Å²) in [5.41, 5.74) is 0.175. The molecule has 1 aliphatic heterocycles. The number of hydrogen-bond acceptors (Lipinski definition) is 7. The Kier molecular flexibility index (Phi) is 3.05. The summed E-state index contributed by atoms with van der Waals surface area (Å²) in [6, 6.07) is 0. The van der Waals surface area contributed by atoms with Gasteiger partial charge in [-0.1, -0.05) is 6.58 Å². The van der Waals surface area contributed by atoms with Crippen LogP contribution in [0.5, 0.6) is 0 Å². The van der Waals surface area contributed by atoms with Gasteiger partial charge in [0.2, 0.25) is 0 Å². The molecule has 5 unspecified atom stereocenters. The van der Waals surface area contributed by atoms with Gasteiger partial charge in [-0.2, -0.15) is 0 Å². The third-order valence-electron chi connectivity index (χ3n) is 4.46. The molecule has 1 heterocycles. The normalized spacial score (nSPS) is 39.0. The maximum absolute atomic E-state index is 11.7. The zero-order valence-electron chi connectivity index (χ0n) is 11.5. The van der Waals surface area contributed by atoms with E-state index in [1.807, 2.05) is 0 Å². The fraction of sp³-hybridized carbons (Fsp3) is 0.643. The monoisotopic (exact) mass is 296 g/mol. The van der Waals surface area contributed by atoms with E-state index in [9.17, 15) is 19.5 Å². The molecule has 0 spiro atoms. The zero-order chi connectivity index (χ0) is 15.4. The second-order valence-corrected chi connectivity index (χ2v) is 5.88. The lowest BCUT2D eigenvalue weighted by Crippen LogP contribution is -2.49. The van der Waals surface area contributed by atoms with E-state index < -0.39 is 36.4 Å². The van der Waals surface area contributed by atoms with Crippen LogP contribution in [0, 0.1) is 17.8 Å². The molecule has 5 atom stereocenters. The quantitative estimate of drug-likeness (QED) is 0.440. The summed E-state index contributed by atoms with van der Waals surface area (Å²) in [6.45, 7) is 4.29. The van der Waals surface area contributed by atoms with Crippen molar-refractivity contribution in [1.82, 2.24) is 0 Å². The minimum absolute atomic E-state index is 0.0998. The molecule has 1 N–H and O–H groups in total. The molecule has 114 valence electrons. The molecule has 3 rings (SSSR count). The summed E-state index contributed by atoms with van der Waals surface area (Å²) in [7, 11) is 0. The van der Waals surface area contributed by atoms with Crippen LogP contribution in [0.2, 0.25) is 0 Å². The standard InChI is InChI=1S/C14H16O7/c1-6(2)12(16)19-5-10(15)20-11-7-3-8-9(4-7)14(11,18)21-13(8)17/h7-9,11,18H,1,3-5H2,2H3. The summed E-state index contributed by atoms with van der Waals surface area (Å²) in [4.78, 5) is 34.5. The van der Waals surface area contributed by atoms with Gasteiger partial charge in [0.15, 0.2) is 12.7 Å². The highest BCUT2D eigenvalue weighted by Gasteiger charge is 2.72. The lowest BCUT2D eigenvalue weighted by atomic mass is 9.85. The Morgan fingerprint density at radius 3 is 2.86 bits per heavy atom. The Labute approximate surface area is 120 Å². The van der Waals surface area contributed by atoms with Crippen molar-refractivity contribution < 1.29 is 33.7 Å². The van der Waals surface area contributed by atoms with E-state index in [1.165, 1.54) is 6.92 Å². The fourth-order valence-electron chi connectivity index (χ4n) is 3.57. The molecule has 0 radical (unpaired) electrons. The third kappa shape index (κ3) is 2.03. The molecule has 0 aromatic rings. The Morgan fingerprint density at radius 1 is 1.48 bits per heavy atom. The number of hydrogen-bond donors (Lipinski definition) is 1. The number of fused-ring (bicyclic) bond motifs is 1. The summed E-state index contributed by atoms with van der Waals surface area (Å²) in [5.74, 6) is -4.34. The molecule has 7 nitrogen and oxygen atoms in total. The molecule has 0 aromatic carbocycles. The van der Waals surface area contributed by atoms with Crippen molar-refractivity contribution in [3.8, 4) is 0 Å². The number of aliphatic hydroxyl groups is 1. The molecule has 3 fully saturated rings. The largest absolute Gasteiger partial charge is 0.453 e. The summed E-state index contributed by atoms with van der Waals surface area (Å²) in [6.07, 6.45) is 0.257. The third-order valence-corrected chi connectivity index (χ3v) is 4.46. The van der Waals surface area contributed by atoms with Gasteiger partial charge < -0.3 is 19.3 Å². The van der Waals surface area contributed by atoms with E-state index in [-0.39, 0.29) is 23.3 Å². The first-order valence-electron chi connectivity index (χ1n) is 6.80. The van der Waals surface area contributed by atoms with Gasteiger partial charge in [-0.25, -0.2) is 9.59 Å². The SMILES string of the molecule is C=C(C)C(=O)OCC(=O)OC1C2CC3C(=O)OC1(O)C3C2. The first-order valence-corrected chi connectivity index (χ1v) is 6.80. The lowest BCUT2D eigenvalue weighted by molar-refractivity contribution is -0.245. The summed E-state index contributed by atoms with van der Waals surface area (Å²) >= 11 is 0. The van der Waals surface area contributed by atoms with Crippen LogP contribution in [0.15, 0.2) is 12.2 Å². The Bertz CT molecular complexity index is 539. The molecule has 7 heteroatoms. The average molecular weight is 296 g/mol. The average Bonchev–Trinajstić information content (AvgIpc) is 2.99. The van der Waals surface area contributed by atoms with Crippen LogP contribution in [-0.2, 0) is 28.6 Å². The van der Waals surface area contributed by atoms with Gasteiger partial charge >= 0.3 is 17.9 Å². The molecule has 2 saturated carbocycles. The van der Waals surface area contributed by atoms with Gasteiger partial charge in [-0.05, 0) is 19.8 Å². The van der Waals surface area contributed by atoms with E-state index in [4.69, 9.17) is 9.47 Å². The Hall–Kier alpha value is -1.89. The maximum atomic E-state index is 11.7. The van der Waals surface area contributed by atoms with Crippen LogP contribution in [0.4, 0.5) is 0 Å². The van der Waals surface area contributed by atoms with Crippen molar-refractivity contribution in [1.29, 1.82) is 0 Å². The van der Waals surface area contributed by atoms with Crippen LogP contribution in [0.1, 0.15) is 19.8 Å². The van der Waals surface area contributed by atoms with Crippen molar-refractivity contribution >= 4 is 17.9 Å². The first kappa shape index (κ1) is 14.1. The second kappa shape index (κ2) is 4.56. The highest BCUT2D eigenvalue weighted by Crippen LogP contribution is 2.60. The number of carbonyl (C=O) groups is 3. The number of rotatable bonds is 4. The molecule has 0 amide bonds. The molecule has 2 aliphatic carbocycles. The van der Waals surface area contributed by atoms with Crippen LogP contribution in [0.25, 0.3) is 0 Å². The van der Waals surface area contributed by atoms with E-state index in [0.29, 0.717) is 12.8 Å². The van der Waals surface area contributed by atoms with Crippen molar-refractivity contribution in [2.45, 2.75) is 31.7 Å². The smallest absolute Gasteiger partial charge is 0.344 e. The van der Waals surface area contributed by atoms with Crippen LogP contribution >= 0.6 is 0 Å². The van der Waals surface area contributed by atoms with Gasteiger partial charge in [0.1, 0.15) is 0 Å². The van der Waals surface area contributed by atoms with Crippen LogP contribution in [-0.4, -0.2) is 41.5 Å². The number of carbonyl (C=O) groups excluding carboxylic acids is 3. The maximum Gasteiger partial charge on any atom is 0.344 e. The number of ether oxygens (including phenoxy) is 3. The predicted octanol–water partition coefficient (Wildman–Crippen LogP) is -0.0811. The van der Waals surface area contributed by atoms with E-state index in [2.05, 4.69) is 11.3 Å². The molecule has 3 aliphatic rings. The summed E-state index contributed by atoms with van der Waals surface area (Å²) < 4.78 is 14.9. The number of esters is 3. The van der Waals surface area contributed by atoms with E-state index in [1.54, 1.807) is 0 Å². The Balaban J connectivity index is 1.61. The van der Waals surface area contributed by atoms with Crippen molar-refractivity contribution in [3.63, 3.8) is 0 Å². The van der Waals surface area contributed by atoms with Gasteiger partial charge in [0.05, 0.1) is 5.92 Å². The molecular weight excluding hydrogens is 280 g/mol. The van der Waals surface area contributed by atoms with Crippen molar-refractivity contribution in [2.24, 2.45) is 17.8 Å². The molecule has 0 aromatic heterocycles. The fourth-order valence-corrected chi connectivity index (χ4v) is 3.57. The van der Waals surface area contributed by atoms with E-state index >= 15 is 0 Å². The lowest BCUT2D eigenvalue weighted by Gasteiger charge is -2.32. The molecule has 2 bridgehead atoms. The summed E-state index contributed by atoms with van der Waals surface area (Å²) in [5, 5.41) is 10.4. The van der Waals surface area contributed by atoms with Crippen LogP contribution < -0.4 is 0 Å². The minimum Gasteiger partial charge on any atom is -0.453 e. The van der Waals surface area contributed by atoms with Crippen LogP contribution in [0.3, 0.4) is 0 Å². The van der Waals surface area contributed by atoms with Gasteiger partial charge in [0, 0.05) is 17.4 Å². The minimum atomic E-state index is -1.72. The highest BCUT2D eigenvalue weighted by atomic mass is 16.7. The zero-order valence-corrected chi connectivity index (χ0v) is 11.5. The molecule has 21 heavy (non-hydrogen) atoms. The molecule has 1 saturated heterocycles. The first-order chi connectivity index (χ1) is 9.83. The van der Waals surface area contributed by atoms with Gasteiger partial charge in [-0.15, -0.1) is 0 Å². The van der Waals surface area contributed by atoms with Gasteiger partial charge in [0.25, 0.3) is 5.79 Å².